The largest absolute Gasteiger partial charge is 0.463 e. The van der Waals surface area contributed by atoms with Crippen LogP contribution in [-0.2, 0) is 33.3 Å². The molecule has 0 aliphatic carbocycles. The van der Waals surface area contributed by atoms with E-state index in [0.717, 1.165) is 13.0 Å². The van der Waals surface area contributed by atoms with Gasteiger partial charge in [-0.25, -0.2) is 0 Å². The highest BCUT2D eigenvalue weighted by Gasteiger charge is 2.09. The van der Waals surface area contributed by atoms with Crippen molar-refractivity contribution < 1.29 is 33.3 Å². The number of hydrogen-bond acceptors (Lipinski definition) is 8. The van der Waals surface area contributed by atoms with Gasteiger partial charge in [-0.15, -0.1) is 0 Å². The van der Waals surface area contributed by atoms with E-state index in [1.54, 1.807) is 7.05 Å². The van der Waals surface area contributed by atoms with E-state index in [9.17, 15) is 9.59 Å². The number of likely N-dealkylation sites (N-methyl/N-ethyl adjacent to an activating group) is 1. The van der Waals surface area contributed by atoms with Crippen LogP contribution < -0.4 is 0 Å². The van der Waals surface area contributed by atoms with Crippen LogP contribution in [0, 0.1) is 0 Å². The second-order valence-electron chi connectivity index (χ2n) is 5.67. The maximum Gasteiger partial charge on any atom is 0.315 e. The second-order valence-corrected chi connectivity index (χ2v) is 6.53. The van der Waals surface area contributed by atoms with Crippen molar-refractivity contribution in [2.24, 2.45) is 0 Å². The Kier molecular flexibility index (Phi) is 19.2. The van der Waals surface area contributed by atoms with Crippen LogP contribution in [0.25, 0.3) is 0 Å². The first-order chi connectivity index (χ1) is 13.1. The number of esters is 1. The predicted octanol–water partition coefficient (Wildman–Crippen LogP) is 1.22. The summed E-state index contributed by atoms with van der Waals surface area (Å²) in [5.41, 5.74) is 0. The summed E-state index contributed by atoms with van der Waals surface area (Å²) in [6.45, 7) is 6.88. The molecule has 1 amide bonds. The van der Waals surface area contributed by atoms with E-state index in [2.05, 4.69) is 6.92 Å². The van der Waals surface area contributed by atoms with Crippen LogP contribution in [0.15, 0.2) is 0 Å². The van der Waals surface area contributed by atoms with Gasteiger partial charge in [-0.05, 0) is 12.7 Å². The first-order valence-electron chi connectivity index (χ1n) is 9.31. The summed E-state index contributed by atoms with van der Waals surface area (Å²) in [6.07, 6.45) is 3.13. The lowest BCUT2D eigenvalue weighted by Crippen LogP contribution is -2.31. The average molecular weight is 410 g/mol. The summed E-state index contributed by atoms with van der Waals surface area (Å²) in [4.78, 5) is 24.6. The molecule has 0 spiro atoms. The van der Waals surface area contributed by atoms with Gasteiger partial charge in [0.1, 0.15) is 6.61 Å². The van der Waals surface area contributed by atoms with Crippen molar-refractivity contribution >= 4 is 23.6 Å². The zero-order chi connectivity index (χ0) is 20.2. The fourth-order valence-electron chi connectivity index (χ4n) is 1.84. The topological polar surface area (TPSA) is 83.5 Å². The van der Waals surface area contributed by atoms with E-state index in [4.69, 9.17) is 23.7 Å². The van der Waals surface area contributed by atoms with Crippen molar-refractivity contribution in [2.45, 2.75) is 19.8 Å². The average Bonchev–Trinajstić information content (AvgIpc) is 2.65. The van der Waals surface area contributed by atoms with Crippen LogP contribution in [0.2, 0.25) is 0 Å². The SMILES string of the molecule is CCCOCCOCCOCCOCCC(=O)N(C)CCOC(=O)CSC. The highest BCUT2D eigenvalue weighted by Crippen LogP contribution is 1.96. The molecule has 0 saturated heterocycles. The van der Waals surface area contributed by atoms with Gasteiger partial charge in [0.25, 0.3) is 0 Å². The third-order valence-corrected chi connectivity index (χ3v) is 3.83. The molecule has 0 rings (SSSR count). The molecule has 0 atom stereocenters. The van der Waals surface area contributed by atoms with Gasteiger partial charge in [-0.1, -0.05) is 6.92 Å². The Morgan fingerprint density at radius 3 is 1.85 bits per heavy atom. The summed E-state index contributed by atoms with van der Waals surface area (Å²) in [5, 5.41) is 0. The van der Waals surface area contributed by atoms with Crippen molar-refractivity contribution in [2.75, 3.05) is 85.1 Å². The van der Waals surface area contributed by atoms with Crippen LogP contribution in [0.5, 0.6) is 0 Å². The zero-order valence-corrected chi connectivity index (χ0v) is 17.7. The molecule has 0 radical (unpaired) electrons. The van der Waals surface area contributed by atoms with Crippen LogP contribution >= 0.6 is 11.8 Å². The quantitative estimate of drug-likeness (QED) is 0.233. The summed E-state index contributed by atoms with van der Waals surface area (Å²) in [6, 6.07) is 0. The normalized spacial score (nSPS) is 10.8. The molecule has 0 unspecified atom stereocenters. The molecule has 0 N–H and O–H groups in total. The molecular weight excluding hydrogens is 374 g/mol. The number of ether oxygens (including phenoxy) is 5. The van der Waals surface area contributed by atoms with Gasteiger partial charge in [0.2, 0.25) is 5.91 Å². The summed E-state index contributed by atoms with van der Waals surface area (Å²) in [7, 11) is 1.68. The molecule has 27 heavy (non-hydrogen) atoms. The number of nitrogens with zero attached hydrogens (tertiary/aromatic N) is 1. The summed E-state index contributed by atoms with van der Waals surface area (Å²) >= 11 is 1.41. The molecule has 0 aliphatic rings. The molecule has 160 valence electrons. The molecule has 0 saturated carbocycles. The molecule has 0 fully saturated rings. The monoisotopic (exact) mass is 409 g/mol. The van der Waals surface area contributed by atoms with Gasteiger partial charge in [-0.2, -0.15) is 11.8 Å². The smallest absolute Gasteiger partial charge is 0.315 e. The number of rotatable bonds is 19. The van der Waals surface area contributed by atoms with E-state index < -0.39 is 0 Å². The number of hydrogen-bond donors (Lipinski definition) is 0. The minimum atomic E-state index is -0.262. The lowest BCUT2D eigenvalue weighted by molar-refractivity contribution is -0.142. The van der Waals surface area contributed by atoms with Crippen molar-refractivity contribution in [1.29, 1.82) is 0 Å². The highest BCUT2D eigenvalue weighted by molar-refractivity contribution is 7.99. The van der Waals surface area contributed by atoms with Crippen molar-refractivity contribution in [3.05, 3.63) is 0 Å². The lowest BCUT2D eigenvalue weighted by Gasteiger charge is -2.17. The highest BCUT2D eigenvalue weighted by atomic mass is 32.2. The first kappa shape index (κ1) is 26.1. The maximum atomic E-state index is 11.9. The van der Waals surface area contributed by atoms with Gasteiger partial charge >= 0.3 is 5.97 Å². The molecule has 0 aromatic heterocycles. The number of thioether (sulfide) groups is 1. The van der Waals surface area contributed by atoms with E-state index in [0.29, 0.717) is 58.5 Å². The Balaban J connectivity index is 3.36. The van der Waals surface area contributed by atoms with Crippen molar-refractivity contribution in [3.8, 4) is 0 Å². The minimum Gasteiger partial charge on any atom is -0.463 e. The standard InChI is InChI=1S/C18H35NO7S/c1-4-7-22-10-12-24-14-15-25-13-11-23-8-5-17(20)19(2)6-9-26-18(21)16-27-3/h4-16H2,1-3H3. The zero-order valence-electron chi connectivity index (χ0n) is 16.9. The lowest BCUT2D eigenvalue weighted by atomic mass is 10.4. The number of carbonyl (C=O) groups is 2. The van der Waals surface area contributed by atoms with E-state index in [-0.39, 0.29) is 24.9 Å². The summed E-state index contributed by atoms with van der Waals surface area (Å²) < 4.78 is 26.4. The van der Waals surface area contributed by atoms with E-state index >= 15 is 0 Å². The molecule has 0 heterocycles. The van der Waals surface area contributed by atoms with Gasteiger partial charge in [0.15, 0.2) is 0 Å². The second kappa shape index (κ2) is 19.9. The maximum absolute atomic E-state index is 11.9. The van der Waals surface area contributed by atoms with Gasteiger partial charge in [0.05, 0.1) is 65.0 Å². The Bertz CT molecular complexity index is 372. The Morgan fingerprint density at radius 2 is 1.33 bits per heavy atom. The van der Waals surface area contributed by atoms with Crippen molar-refractivity contribution in [1.82, 2.24) is 4.90 Å². The molecule has 9 heteroatoms. The fourth-order valence-corrected chi connectivity index (χ4v) is 2.16. The molecular formula is C18H35NO7S. The van der Waals surface area contributed by atoms with E-state index in [1.807, 2.05) is 6.26 Å². The predicted molar refractivity (Wildman–Crippen MR) is 105 cm³/mol. The van der Waals surface area contributed by atoms with Crippen LogP contribution in [0.4, 0.5) is 0 Å². The van der Waals surface area contributed by atoms with Crippen molar-refractivity contribution in [3.63, 3.8) is 0 Å². The summed E-state index contributed by atoms with van der Waals surface area (Å²) in [5.74, 6) is 0.0185. The molecule has 0 aromatic carbocycles. The molecule has 0 aliphatic heterocycles. The number of carbonyl (C=O) groups excluding carboxylic acids is 2. The van der Waals surface area contributed by atoms with Crippen LogP contribution in [-0.4, -0.2) is 102 Å². The van der Waals surface area contributed by atoms with Gasteiger partial charge in [0, 0.05) is 13.7 Å². The minimum absolute atomic E-state index is 0.0458. The Labute approximate surface area is 167 Å². The fraction of sp³-hybridized carbons (Fsp3) is 0.889. The Morgan fingerprint density at radius 1 is 0.815 bits per heavy atom. The Hall–Kier alpha value is -0.870. The first-order valence-corrected chi connectivity index (χ1v) is 10.7. The van der Waals surface area contributed by atoms with Gasteiger partial charge < -0.3 is 28.6 Å². The number of amides is 1. The molecule has 8 nitrogen and oxygen atoms in total. The van der Waals surface area contributed by atoms with Crippen LogP contribution in [0.3, 0.4) is 0 Å². The molecule has 0 aromatic rings. The molecule has 0 bridgehead atoms. The van der Waals surface area contributed by atoms with Gasteiger partial charge in [-0.3, -0.25) is 9.59 Å². The third-order valence-electron chi connectivity index (χ3n) is 3.30. The van der Waals surface area contributed by atoms with Crippen LogP contribution in [0.1, 0.15) is 19.8 Å². The van der Waals surface area contributed by atoms with E-state index in [1.165, 1.54) is 16.7 Å². The third kappa shape index (κ3) is 18.3.